The monoisotopic (exact) mass is 190 g/mol. The number of Topliss-reactive ketones (excluding diaryl/α,β-unsaturated/α-hetero) is 1. The zero-order valence-corrected chi connectivity index (χ0v) is 8.39. The van der Waals surface area contributed by atoms with Gasteiger partial charge in [0.2, 0.25) is 5.67 Å². The molecule has 0 aromatic heterocycles. The number of carbonyl (C=O) groups excluding carboxylic acids is 2. The molecule has 0 amide bonds. The Kier molecular flexibility index (Phi) is 4.04. The minimum atomic E-state index is -2.20. The van der Waals surface area contributed by atoms with E-state index in [4.69, 9.17) is 0 Å². The van der Waals surface area contributed by atoms with Crippen molar-refractivity contribution in [3.8, 4) is 0 Å². The van der Waals surface area contributed by atoms with E-state index in [1.165, 1.54) is 6.92 Å². The van der Waals surface area contributed by atoms with Crippen molar-refractivity contribution in [2.24, 2.45) is 0 Å². The lowest BCUT2D eigenvalue weighted by Crippen LogP contribution is -2.35. The first kappa shape index (κ1) is 12.1. The lowest BCUT2D eigenvalue weighted by atomic mass is 10.0. The normalized spacial score (nSPS) is 15.2. The largest absolute Gasteiger partial charge is 0.461 e. The molecule has 0 aliphatic carbocycles. The number of carbonyl (C=O) groups is 2. The molecular formula is C9H15FO3. The van der Waals surface area contributed by atoms with E-state index in [0.29, 0.717) is 0 Å². The van der Waals surface area contributed by atoms with Crippen LogP contribution in [0.2, 0.25) is 0 Å². The Morgan fingerprint density at radius 1 is 1.46 bits per heavy atom. The molecule has 1 atom stereocenters. The number of alkyl halides is 1. The van der Waals surface area contributed by atoms with Crippen molar-refractivity contribution in [3.63, 3.8) is 0 Å². The third kappa shape index (κ3) is 4.60. The van der Waals surface area contributed by atoms with Gasteiger partial charge < -0.3 is 4.74 Å². The predicted octanol–water partition coefficient (Wildman–Crippen LogP) is 1.65. The molecule has 0 aromatic rings. The molecule has 0 aromatic carbocycles. The second-order valence-corrected chi connectivity index (χ2v) is 3.53. The molecule has 4 heteroatoms. The van der Waals surface area contributed by atoms with Crippen molar-refractivity contribution in [1.82, 2.24) is 0 Å². The van der Waals surface area contributed by atoms with E-state index in [1.54, 1.807) is 13.8 Å². The van der Waals surface area contributed by atoms with Gasteiger partial charge >= 0.3 is 5.97 Å². The van der Waals surface area contributed by atoms with Crippen molar-refractivity contribution in [2.75, 3.05) is 0 Å². The molecule has 0 rings (SSSR count). The fraction of sp³-hybridized carbons (Fsp3) is 0.778. The number of halogens is 1. The van der Waals surface area contributed by atoms with Crippen LogP contribution in [0.3, 0.4) is 0 Å². The smallest absolute Gasteiger partial charge is 0.344 e. The zero-order valence-electron chi connectivity index (χ0n) is 8.39. The number of rotatable bonds is 4. The Labute approximate surface area is 77.3 Å². The van der Waals surface area contributed by atoms with Gasteiger partial charge in [0.25, 0.3) is 0 Å². The van der Waals surface area contributed by atoms with Gasteiger partial charge in [0.15, 0.2) is 0 Å². The summed E-state index contributed by atoms with van der Waals surface area (Å²) in [6, 6.07) is 0. The molecule has 0 spiro atoms. The predicted molar refractivity (Wildman–Crippen MR) is 46.0 cm³/mol. The van der Waals surface area contributed by atoms with Gasteiger partial charge in [-0.05, 0) is 27.7 Å². The summed E-state index contributed by atoms with van der Waals surface area (Å²) < 4.78 is 18.0. The summed E-state index contributed by atoms with van der Waals surface area (Å²) >= 11 is 0. The van der Waals surface area contributed by atoms with Crippen molar-refractivity contribution in [1.29, 1.82) is 0 Å². The van der Waals surface area contributed by atoms with Crippen LogP contribution < -0.4 is 0 Å². The highest BCUT2D eigenvalue weighted by atomic mass is 19.1. The van der Waals surface area contributed by atoms with Crippen LogP contribution >= 0.6 is 0 Å². The van der Waals surface area contributed by atoms with Crippen LogP contribution in [0.4, 0.5) is 4.39 Å². The van der Waals surface area contributed by atoms with Crippen LogP contribution in [0.15, 0.2) is 0 Å². The topological polar surface area (TPSA) is 43.4 Å². The minimum Gasteiger partial charge on any atom is -0.461 e. The summed E-state index contributed by atoms with van der Waals surface area (Å²) in [5, 5.41) is 0. The maximum Gasteiger partial charge on any atom is 0.344 e. The van der Waals surface area contributed by atoms with Gasteiger partial charge in [-0.2, -0.15) is 0 Å². The van der Waals surface area contributed by atoms with E-state index in [-0.39, 0.29) is 11.9 Å². The highest BCUT2D eigenvalue weighted by Gasteiger charge is 2.36. The van der Waals surface area contributed by atoms with Gasteiger partial charge in [0.1, 0.15) is 5.78 Å². The Morgan fingerprint density at radius 2 is 1.92 bits per heavy atom. The molecule has 0 heterocycles. The molecule has 0 saturated carbocycles. The maximum atomic E-state index is 13.4. The van der Waals surface area contributed by atoms with Crippen molar-refractivity contribution < 1.29 is 18.7 Å². The van der Waals surface area contributed by atoms with Gasteiger partial charge in [0, 0.05) is 0 Å². The number of esters is 1. The van der Waals surface area contributed by atoms with E-state index in [9.17, 15) is 14.0 Å². The third-order valence-corrected chi connectivity index (χ3v) is 1.35. The van der Waals surface area contributed by atoms with Crippen LogP contribution in [-0.2, 0) is 14.3 Å². The first-order chi connectivity index (χ1) is 5.75. The van der Waals surface area contributed by atoms with Crippen LogP contribution in [0, 0.1) is 0 Å². The molecule has 0 saturated heterocycles. The molecule has 0 bridgehead atoms. The van der Waals surface area contributed by atoms with E-state index >= 15 is 0 Å². The SMILES string of the molecule is CC(=O)CC(C)(F)C(=O)OC(C)C. The Balaban J connectivity index is 4.27. The number of ether oxygens (including phenoxy) is 1. The molecule has 13 heavy (non-hydrogen) atoms. The molecule has 0 aliphatic rings. The minimum absolute atomic E-state index is 0.366. The standard InChI is InChI=1S/C9H15FO3/c1-6(2)13-8(12)9(4,10)5-7(3)11/h6H,5H2,1-4H3. The molecule has 3 nitrogen and oxygen atoms in total. The van der Waals surface area contributed by atoms with Gasteiger partial charge in [-0.1, -0.05) is 0 Å². The number of hydrogen-bond donors (Lipinski definition) is 0. The highest BCUT2D eigenvalue weighted by Crippen LogP contribution is 2.18. The maximum absolute atomic E-state index is 13.4. The van der Waals surface area contributed by atoms with Crippen LogP contribution in [-0.4, -0.2) is 23.5 Å². The van der Waals surface area contributed by atoms with Crippen LogP contribution in [0.1, 0.15) is 34.1 Å². The summed E-state index contributed by atoms with van der Waals surface area (Å²) in [6.45, 7) is 5.54. The summed E-state index contributed by atoms with van der Waals surface area (Å²) in [5.74, 6) is -1.34. The summed E-state index contributed by atoms with van der Waals surface area (Å²) in [4.78, 5) is 21.7. The van der Waals surface area contributed by atoms with E-state index in [2.05, 4.69) is 4.74 Å². The summed E-state index contributed by atoms with van der Waals surface area (Å²) in [5.41, 5.74) is -2.20. The van der Waals surface area contributed by atoms with Gasteiger partial charge in [-0.15, -0.1) is 0 Å². The Hall–Kier alpha value is -0.930. The van der Waals surface area contributed by atoms with Gasteiger partial charge in [0.05, 0.1) is 12.5 Å². The van der Waals surface area contributed by atoms with Crippen molar-refractivity contribution in [3.05, 3.63) is 0 Å². The molecule has 0 aliphatic heterocycles. The molecule has 0 radical (unpaired) electrons. The average molecular weight is 190 g/mol. The molecule has 1 unspecified atom stereocenters. The van der Waals surface area contributed by atoms with Crippen molar-refractivity contribution >= 4 is 11.8 Å². The highest BCUT2D eigenvalue weighted by molar-refractivity contribution is 5.87. The molecule has 0 N–H and O–H groups in total. The van der Waals surface area contributed by atoms with E-state index in [0.717, 1.165) is 6.92 Å². The van der Waals surface area contributed by atoms with Crippen molar-refractivity contribution in [2.45, 2.75) is 45.9 Å². The van der Waals surface area contributed by atoms with E-state index in [1.807, 2.05) is 0 Å². The number of hydrogen-bond acceptors (Lipinski definition) is 3. The second kappa shape index (κ2) is 4.35. The quantitative estimate of drug-likeness (QED) is 0.633. The summed E-state index contributed by atoms with van der Waals surface area (Å²) in [6.07, 6.45) is -0.798. The molecular weight excluding hydrogens is 175 g/mol. The zero-order chi connectivity index (χ0) is 10.6. The Morgan fingerprint density at radius 3 is 2.23 bits per heavy atom. The fourth-order valence-electron chi connectivity index (χ4n) is 0.877. The summed E-state index contributed by atoms with van der Waals surface area (Å²) in [7, 11) is 0. The van der Waals surface area contributed by atoms with E-state index < -0.39 is 18.1 Å². The Bertz CT molecular complexity index is 209. The fourth-order valence-corrected chi connectivity index (χ4v) is 0.877. The molecule has 76 valence electrons. The van der Waals surface area contributed by atoms with Crippen LogP contribution in [0.25, 0.3) is 0 Å². The van der Waals surface area contributed by atoms with Gasteiger partial charge in [-0.25, -0.2) is 9.18 Å². The molecule has 0 fully saturated rings. The van der Waals surface area contributed by atoms with Crippen LogP contribution in [0.5, 0.6) is 0 Å². The number of ketones is 1. The second-order valence-electron chi connectivity index (χ2n) is 3.53. The third-order valence-electron chi connectivity index (χ3n) is 1.35. The van der Waals surface area contributed by atoms with Gasteiger partial charge in [-0.3, -0.25) is 4.79 Å². The lowest BCUT2D eigenvalue weighted by molar-refractivity contribution is -0.162. The average Bonchev–Trinajstić information content (AvgIpc) is 1.81. The first-order valence-electron chi connectivity index (χ1n) is 4.15. The first-order valence-corrected chi connectivity index (χ1v) is 4.15. The lowest BCUT2D eigenvalue weighted by Gasteiger charge is -2.18.